The highest BCUT2D eigenvalue weighted by molar-refractivity contribution is 5.78. The first kappa shape index (κ1) is 17.3. The molecule has 27 heavy (non-hydrogen) atoms. The Kier molecular flexibility index (Phi) is 4.91. The van der Waals surface area contributed by atoms with Crippen LogP contribution in [0.25, 0.3) is 16.9 Å². The molecule has 0 aliphatic carbocycles. The number of aromatic nitrogens is 3. The van der Waals surface area contributed by atoms with Gasteiger partial charge in [-0.2, -0.15) is 0 Å². The maximum absolute atomic E-state index is 13.8. The molecule has 1 atom stereocenters. The summed E-state index contributed by atoms with van der Waals surface area (Å²) in [5.41, 5.74) is 8.73. The van der Waals surface area contributed by atoms with Gasteiger partial charge in [0.2, 0.25) is 0 Å². The van der Waals surface area contributed by atoms with E-state index < -0.39 is 6.04 Å². The van der Waals surface area contributed by atoms with E-state index >= 15 is 0 Å². The van der Waals surface area contributed by atoms with Crippen LogP contribution in [0.1, 0.15) is 17.4 Å². The first-order valence-corrected chi connectivity index (χ1v) is 8.69. The minimum absolute atomic E-state index is 0.285. The third-order valence-corrected chi connectivity index (χ3v) is 4.26. The number of hydrogen-bond acceptors (Lipinski definition) is 4. The van der Waals surface area contributed by atoms with Crippen molar-refractivity contribution in [1.82, 2.24) is 14.5 Å². The molecule has 0 saturated heterocycles. The fraction of sp³-hybridized carbons (Fsp3) is 0.143. The Morgan fingerprint density at radius 2 is 1.85 bits per heavy atom. The predicted molar refractivity (Wildman–Crippen MR) is 102 cm³/mol. The van der Waals surface area contributed by atoms with Gasteiger partial charge in [0.1, 0.15) is 17.5 Å². The fourth-order valence-electron chi connectivity index (χ4n) is 3.00. The number of nitrogens with zero attached hydrogens (tertiary/aromatic N) is 3. The molecule has 6 heteroatoms. The van der Waals surface area contributed by atoms with E-state index in [1.54, 1.807) is 16.8 Å². The molecule has 0 spiro atoms. The topological polar surface area (TPSA) is 66.0 Å². The van der Waals surface area contributed by atoms with E-state index in [2.05, 4.69) is 9.97 Å². The lowest BCUT2D eigenvalue weighted by Crippen LogP contribution is -2.21. The summed E-state index contributed by atoms with van der Waals surface area (Å²) in [6.45, 7) is 0.751. The minimum Gasteiger partial charge on any atom is -0.375 e. The lowest BCUT2D eigenvalue weighted by molar-refractivity contribution is 0.106. The van der Waals surface area contributed by atoms with Crippen LogP contribution in [0.2, 0.25) is 0 Å². The molecule has 0 radical (unpaired) electrons. The van der Waals surface area contributed by atoms with Gasteiger partial charge < -0.3 is 10.5 Å². The molecular weight excluding hydrogens is 343 g/mol. The zero-order valence-corrected chi connectivity index (χ0v) is 14.6. The molecular formula is C21H19FN4O. The van der Waals surface area contributed by atoms with Crippen molar-refractivity contribution in [1.29, 1.82) is 0 Å². The summed E-state index contributed by atoms with van der Waals surface area (Å²) in [5, 5.41) is 0. The number of rotatable bonds is 6. The molecule has 0 aliphatic rings. The molecule has 0 amide bonds. The van der Waals surface area contributed by atoms with Gasteiger partial charge in [0.15, 0.2) is 0 Å². The zero-order valence-electron chi connectivity index (χ0n) is 14.6. The van der Waals surface area contributed by atoms with Crippen molar-refractivity contribution in [3.63, 3.8) is 0 Å². The summed E-state index contributed by atoms with van der Waals surface area (Å²) < 4.78 is 21.4. The van der Waals surface area contributed by atoms with Crippen molar-refractivity contribution in [2.45, 2.75) is 12.6 Å². The Morgan fingerprint density at radius 1 is 1.04 bits per heavy atom. The lowest BCUT2D eigenvalue weighted by atomic mass is 10.2. The summed E-state index contributed by atoms with van der Waals surface area (Å²) in [4.78, 5) is 8.98. The van der Waals surface area contributed by atoms with Crippen LogP contribution in [0.4, 0.5) is 4.39 Å². The van der Waals surface area contributed by atoms with Gasteiger partial charge >= 0.3 is 0 Å². The number of hydrogen-bond donors (Lipinski definition) is 1. The highest BCUT2D eigenvalue weighted by Crippen LogP contribution is 2.24. The molecule has 0 fully saturated rings. The maximum atomic E-state index is 13.8. The Morgan fingerprint density at radius 3 is 2.63 bits per heavy atom. The lowest BCUT2D eigenvalue weighted by Gasteiger charge is -2.14. The number of imidazole rings is 1. The SMILES string of the molecule is NC(COCc1ccccc1)c1nc2ccc(F)cc2n1-c1ccccn1. The summed E-state index contributed by atoms with van der Waals surface area (Å²) in [5.74, 6) is 0.890. The largest absolute Gasteiger partial charge is 0.375 e. The van der Waals surface area contributed by atoms with E-state index in [9.17, 15) is 4.39 Å². The van der Waals surface area contributed by atoms with Crippen molar-refractivity contribution in [2.75, 3.05) is 6.61 Å². The first-order chi connectivity index (χ1) is 13.2. The van der Waals surface area contributed by atoms with Gasteiger partial charge in [0, 0.05) is 12.3 Å². The van der Waals surface area contributed by atoms with Gasteiger partial charge in [0.05, 0.1) is 30.3 Å². The number of ether oxygens (including phenoxy) is 1. The average Bonchev–Trinajstić information content (AvgIpc) is 3.08. The van der Waals surface area contributed by atoms with Crippen molar-refractivity contribution >= 4 is 11.0 Å². The Hall–Kier alpha value is -3.09. The van der Waals surface area contributed by atoms with Crippen LogP contribution >= 0.6 is 0 Å². The Balaban J connectivity index is 1.64. The maximum Gasteiger partial charge on any atom is 0.138 e. The quantitative estimate of drug-likeness (QED) is 0.567. The predicted octanol–water partition coefficient (Wildman–Crippen LogP) is 3.78. The molecule has 2 aromatic heterocycles. The smallest absolute Gasteiger partial charge is 0.138 e. The normalized spacial score (nSPS) is 12.4. The van der Waals surface area contributed by atoms with Gasteiger partial charge in [-0.3, -0.25) is 4.57 Å². The van der Waals surface area contributed by atoms with Crippen LogP contribution < -0.4 is 5.73 Å². The first-order valence-electron chi connectivity index (χ1n) is 8.69. The molecule has 2 heterocycles. The monoisotopic (exact) mass is 362 g/mol. The molecule has 4 aromatic rings. The molecule has 2 N–H and O–H groups in total. The van der Waals surface area contributed by atoms with Crippen LogP contribution in [-0.4, -0.2) is 21.1 Å². The molecule has 1 unspecified atom stereocenters. The van der Waals surface area contributed by atoms with E-state index in [0.717, 1.165) is 5.56 Å². The summed E-state index contributed by atoms with van der Waals surface area (Å²) in [7, 11) is 0. The fourth-order valence-corrected chi connectivity index (χ4v) is 3.00. The van der Waals surface area contributed by atoms with E-state index in [1.165, 1.54) is 12.1 Å². The van der Waals surface area contributed by atoms with Gasteiger partial charge in [-0.15, -0.1) is 0 Å². The summed E-state index contributed by atoms with van der Waals surface area (Å²) >= 11 is 0. The average molecular weight is 362 g/mol. The molecule has 0 bridgehead atoms. The number of halogens is 1. The van der Waals surface area contributed by atoms with Crippen LogP contribution in [0.5, 0.6) is 0 Å². The van der Waals surface area contributed by atoms with Gasteiger partial charge in [-0.05, 0) is 29.8 Å². The summed E-state index contributed by atoms with van der Waals surface area (Å²) in [6.07, 6.45) is 1.68. The van der Waals surface area contributed by atoms with Crippen LogP contribution in [0.15, 0.2) is 72.9 Å². The molecule has 2 aromatic carbocycles. The minimum atomic E-state index is -0.480. The van der Waals surface area contributed by atoms with Crippen LogP contribution in [0, 0.1) is 5.82 Å². The second-order valence-corrected chi connectivity index (χ2v) is 6.23. The van der Waals surface area contributed by atoms with E-state index in [-0.39, 0.29) is 12.4 Å². The number of pyridine rings is 1. The van der Waals surface area contributed by atoms with Crippen molar-refractivity contribution < 1.29 is 9.13 Å². The van der Waals surface area contributed by atoms with Crippen LogP contribution in [-0.2, 0) is 11.3 Å². The second kappa shape index (κ2) is 7.65. The molecule has 5 nitrogen and oxygen atoms in total. The molecule has 0 saturated carbocycles. The van der Waals surface area contributed by atoms with Crippen LogP contribution in [0.3, 0.4) is 0 Å². The standard InChI is InChI=1S/C21H19FN4O/c22-16-9-10-18-19(12-16)26(20-8-4-5-11-24-20)21(25-18)17(23)14-27-13-15-6-2-1-3-7-15/h1-12,17H,13-14,23H2. The molecule has 136 valence electrons. The van der Waals surface area contributed by atoms with Gasteiger partial charge in [0.25, 0.3) is 0 Å². The third-order valence-electron chi connectivity index (χ3n) is 4.26. The Bertz CT molecular complexity index is 1030. The summed E-state index contributed by atoms with van der Waals surface area (Å²) in [6, 6.07) is 19.4. The Labute approximate surface area is 156 Å². The number of nitrogens with two attached hydrogens (primary N) is 1. The highest BCUT2D eigenvalue weighted by atomic mass is 19.1. The van der Waals surface area contributed by atoms with Crippen molar-refractivity contribution in [3.05, 3.63) is 90.1 Å². The second-order valence-electron chi connectivity index (χ2n) is 6.23. The van der Waals surface area contributed by atoms with E-state index in [0.29, 0.717) is 29.3 Å². The number of benzene rings is 2. The third kappa shape index (κ3) is 3.72. The molecule has 4 rings (SSSR count). The van der Waals surface area contributed by atoms with Crippen molar-refractivity contribution in [2.24, 2.45) is 5.73 Å². The van der Waals surface area contributed by atoms with E-state index in [1.807, 2.05) is 48.5 Å². The molecule has 0 aliphatic heterocycles. The van der Waals surface area contributed by atoms with Crippen molar-refractivity contribution in [3.8, 4) is 5.82 Å². The zero-order chi connectivity index (χ0) is 18.6. The van der Waals surface area contributed by atoms with Gasteiger partial charge in [-0.25, -0.2) is 14.4 Å². The van der Waals surface area contributed by atoms with E-state index in [4.69, 9.17) is 10.5 Å². The van der Waals surface area contributed by atoms with Gasteiger partial charge in [-0.1, -0.05) is 36.4 Å². The highest BCUT2D eigenvalue weighted by Gasteiger charge is 2.19. The number of fused-ring (bicyclic) bond motifs is 1.